The van der Waals surface area contributed by atoms with E-state index in [1.54, 1.807) is 0 Å². The molecule has 0 saturated carbocycles. The molecule has 200 valence electrons. The summed E-state index contributed by atoms with van der Waals surface area (Å²) in [7, 11) is 0. The summed E-state index contributed by atoms with van der Waals surface area (Å²) in [4.78, 5) is 15.2. The summed E-state index contributed by atoms with van der Waals surface area (Å²) in [6.45, 7) is 0. The van der Waals surface area contributed by atoms with Crippen LogP contribution in [0.15, 0.2) is 144 Å². The van der Waals surface area contributed by atoms with E-state index >= 15 is 0 Å². The highest BCUT2D eigenvalue weighted by Crippen LogP contribution is 2.36. The van der Waals surface area contributed by atoms with Crippen LogP contribution in [0.2, 0.25) is 0 Å². The van der Waals surface area contributed by atoms with E-state index in [9.17, 15) is 0 Å². The normalized spacial score (nSPS) is 11.7. The summed E-state index contributed by atoms with van der Waals surface area (Å²) in [5, 5.41) is 8.93. The van der Waals surface area contributed by atoms with Crippen molar-refractivity contribution in [3.8, 4) is 34.2 Å². The van der Waals surface area contributed by atoms with Gasteiger partial charge >= 0.3 is 0 Å². The first-order chi connectivity index (χ1) is 21.3. The molecule has 0 spiro atoms. The third-order valence-electron chi connectivity index (χ3n) is 8.29. The van der Waals surface area contributed by atoms with Gasteiger partial charge in [0.1, 0.15) is 11.2 Å². The van der Waals surface area contributed by atoms with Gasteiger partial charge in [0.05, 0.1) is 0 Å². The molecule has 0 aliphatic rings. The minimum Gasteiger partial charge on any atom is -0.455 e. The van der Waals surface area contributed by atoms with Crippen molar-refractivity contribution in [3.05, 3.63) is 140 Å². The predicted molar refractivity (Wildman–Crippen MR) is 176 cm³/mol. The van der Waals surface area contributed by atoms with Crippen molar-refractivity contribution in [1.82, 2.24) is 15.0 Å². The van der Waals surface area contributed by atoms with Crippen molar-refractivity contribution >= 4 is 54.3 Å². The molecule has 0 saturated heterocycles. The smallest absolute Gasteiger partial charge is 0.164 e. The number of fused-ring (bicyclic) bond motifs is 7. The maximum absolute atomic E-state index is 6.38. The number of aromatic nitrogens is 3. The van der Waals surface area contributed by atoms with Crippen LogP contribution >= 0.6 is 0 Å². The minimum atomic E-state index is 0.621. The lowest BCUT2D eigenvalue weighted by molar-refractivity contribution is 0.672. The quantitative estimate of drug-likeness (QED) is 0.220. The minimum absolute atomic E-state index is 0.621. The summed E-state index contributed by atoms with van der Waals surface area (Å²) in [5.41, 5.74) is 4.59. The predicted octanol–water partition coefficient (Wildman–Crippen LogP) is 10.2. The van der Waals surface area contributed by atoms with Crippen LogP contribution in [0.1, 0.15) is 0 Å². The van der Waals surface area contributed by atoms with Crippen LogP contribution in [0.25, 0.3) is 88.4 Å². The van der Waals surface area contributed by atoms with Crippen LogP contribution in [0.3, 0.4) is 0 Å². The molecule has 0 fully saturated rings. The van der Waals surface area contributed by atoms with E-state index in [1.165, 1.54) is 5.39 Å². The van der Waals surface area contributed by atoms with E-state index < -0.39 is 0 Å². The van der Waals surface area contributed by atoms with Crippen molar-refractivity contribution in [1.29, 1.82) is 0 Å². The van der Waals surface area contributed by atoms with Crippen molar-refractivity contribution in [2.24, 2.45) is 0 Å². The number of para-hydroxylation sites is 1. The molecule has 0 bridgehead atoms. The zero-order valence-electron chi connectivity index (χ0n) is 23.0. The first kappa shape index (κ1) is 23.8. The molecule has 2 heterocycles. The second-order valence-electron chi connectivity index (χ2n) is 10.9. The molecule has 0 aliphatic carbocycles. The number of furan rings is 1. The number of nitrogens with zero attached hydrogens (tertiary/aromatic N) is 3. The number of benzene rings is 7. The van der Waals surface area contributed by atoms with E-state index in [2.05, 4.69) is 121 Å². The Morgan fingerprint density at radius 2 is 0.977 bits per heavy atom. The van der Waals surface area contributed by atoms with Gasteiger partial charge in [-0.1, -0.05) is 115 Å². The fourth-order valence-electron chi connectivity index (χ4n) is 6.14. The van der Waals surface area contributed by atoms with Gasteiger partial charge < -0.3 is 4.42 Å². The molecule has 9 rings (SSSR count). The molecule has 0 atom stereocenters. The zero-order valence-corrected chi connectivity index (χ0v) is 23.0. The highest BCUT2D eigenvalue weighted by molar-refractivity contribution is 6.15. The van der Waals surface area contributed by atoms with E-state index in [0.29, 0.717) is 17.5 Å². The highest BCUT2D eigenvalue weighted by Gasteiger charge is 2.16. The maximum atomic E-state index is 6.38. The van der Waals surface area contributed by atoms with Crippen LogP contribution in [0.4, 0.5) is 0 Å². The molecule has 0 radical (unpaired) electrons. The summed E-state index contributed by atoms with van der Waals surface area (Å²) in [6.07, 6.45) is 0. The summed E-state index contributed by atoms with van der Waals surface area (Å²) in [6, 6.07) is 48.2. The fourth-order valence-corrected chi connectivity index (χ4v) is 6.14. The van der Waals surface area contributed by atoms with Gasteiger partial charge in [-0.2, -0.15) is 0 Å². The monoisotopic (exact) mass is 549 g/mol. The molecule has 0 unspecified atom stereocenters. The molecule has 0 amide bonds. The molecule has 2 aromatic heterocycles. The van der Waals surface area contributed by atoms with E-state index in [0.717, 1.165) is 65.6 Å². The number of rotatable bonds is 3. The zero-order chi connectivity index (χ0) is 28.3. The molecule has 4 heteroatoms. The lowest BCUT2D eigenvalue weighted by atomic mass is 10.0. The van der Waals surface area contributed by atoms with Crippen molar-refractivity contribution in [2.75, 3.05) is 0 Å². The lowest BCUT2D eigenvalue weighted by Gasteiger charge is -2.11. The molecule has 4 nitrogen and oxygen atoms in total. The van der Waals surface area contributed by atoms with Gasteiger partial charge in [0.25, 0.3) is 0 Å². The highest BCUT2D eigenvalue weighted by atomic mass is 16.3. The Labute approximate surface area is 246 Å². The Morgan fingerprint density at radius 3 is 1.84 bits per heavy atom. The van der Waals surface area contributed by atoms with Gasteiger partial charge in [-0.05, 0) is 51.2 Å². The lowest BCUT2D eigenvalue weighted by Crippen LogP contribution is -2.00. The Balaban J connectivity index is 1.30. The van der Waals surface area contributed by atoms with Gasteiger partial charge in [0.15, 0.2) is 17.5 Å². The van der Waals surface area contributed by atoms with Crippen LogP contribution in [0, 0.1) is 0 Å². The summed E-state index contributed by atoms with van der Waals surface area (Å²) >= 11 is 0. The van der Waals surface area contributed by atoms with Crippen LogP contribution in [-0.4, -0.2) is 15.0 Å². The van der Waals surface area contributed by atoms with Crippen molar-refractivity contribution in [3.63, 3.8) is 0 Å². The second-order valence-corrected chi connectivity index (χ2v) is 10.9. The second kappa shape index (κ2) is 9.33. The molecule has 43 heavy (non-hydrogen) atoms. The standard InChI is InChI=1S/C39H23N3O/c1-2-10-27-22-28(18-16-24(27)8-1)37-40-38(42-39(41-37)33-14-7-11-25-9-3-4-12-30(25)33)29-19-17-26-20-21-32-31-13-5-6-15-35(31)43-36(32)34(26)23-29/h1-23H. The molecule has 9 aromatic rings. The van der Waals surface area contributed by atoms with Crippen molar-refractivity contribution < 1.29 is 4.42 Å². The van der Waals surface area contributed by atoms with Crippen LogP contribution in [-0.2, 0) is 0 Å². The Morgan fingerprint density at radius 1 is 0.372 bits per heavy atom. The van der Waals surface area contributed by atoms with Crippen molar-refractivity contribution in [2.45, 2.75) is 0 Å². The van der Waals surface area contributed by atoms with Crippen LogP contribution in [0.5, 0.6) is 0 Å². The summed E-state index contributed by atoms with van der Waals surface area (Å²) in [5.74, 6) is 1.91. The number of hydrogen-bond acceptors (Lipinski definition) is 4. The van der Waals surface area contributed by atoms with Gasteiger partial charge in [-0.15, -0.1) is 0 Å². The van der Waals surface area contributed by atoms with Gasteiger partial charge in [0, 0.05) is 32.8 Å². The summed E-state index contributed by atoms with van der Waals surface area (Å²) < 4.78 is 6.38. The van der Waals surface area contributed by atoms with Gasteiger partial charge in [-0.25, -0.2) is 15.0 Å². The average Bonchev–Trinajstić information content (AvgIpc) is 3.47. The van der Waals surface area contributed by atoms with Crippen LogP contribution < -0.4 is 0 Å². The Kier molecular flexibility index (Phi) is 5.16. The molecule has 0 N–H and O–H groups in total. The third-order valence-corrected chi connectivity index (χ3v) is 8.29. The van der Waals surface area contributed by atoms with Gasteiger partial charge in [-0.3, -0.25) is 0 Å². The first-order valence-electron chi connectivity index (χ1n) is 14.4. The number of hydrogen-bond donors (Lipinski definition) is 0. The molecular formula is C39H23N3O. The Hall–Kier alpha value is -5.87. The average molecular weight is 550 g/mol. The Bertz CT molecular complexity index is 2520. The SMILES string of the molecule is c1ccc2cc(-c3nc(-c4ccc5ccc6c7ccccc7oc6c5c4)nc(-c4cccc5ccccc45)n3)ccc2c1. The van der Waals surface area contributed by atoms with E-state index in [4.69, 9.17) is 19.4 Å². The van der Waals surface area contributed by atoms with Gasteiger partial charge in [0.2, 0.25) is 0 Å². The molecule has 7 aromatic carbocycles. The molecular weight excluding hydrogens is 526 g/mol. The maximum Gasteiger partial charge on any atom is 0.164 e. The first-order valence-corrected chi connectivity index (χ1v) is 14.4. The largest absolute Gasteiger partial charge is 0.455 e. The van der Waals surface area contributed by atoms with E-state index in [1.807, 2.05) is 18.2 Å². The molecule has 0 aliphatic heterocycles. The fraction of sp³-hybridized carbons (Fsp3) is 0. The topological polar surface area (TPSA) is 51.8 Å². The van der Waals surface area contributed by atoms with E-state index in [-0.39, 0.29) is 0 Å². The third kappa shape index (κ3) is 3.88.